The molecule has 4 rings (SSSR count). The predicted molar refractivity (Wildman–Crippen MR) is 118 cm³/mol. The van der Waals surface area contributed by atoms with Crippen molar-refractivity contribution in [2.24, 2.45) is 0 Å². The topological polar surface area (TPSA) is 75.2 Å². The first-order valence-corrected chi connectivity index (χ1v) is 10.2. The number of piperidine rings is 1. The Morgan fingerprint density at radius 2 is 1.61 bits per heavy atom. The van der Waals surface area contributed by atoms with Crippen LogP contribution in [0.3, 0.4) is 0 Å². The molecule has 8 heteroatoms. The monoisotopic (exact) mass is 425 g/mol. The second-order valence-electron chi connectivity index (χ2n) is 7.28. The molecule has 164 valence electrons. The van der Waals surface area contributed by atoms with Crippen LogP contribution in [0.5, 0.6) is 28.7 Å². The van der Waals surface area contributed by atoms with Gasteiger partial charge in [0.05, 0.1) is 46.6 Å². The maximum atomic E-state index is 6.23. The number of rotatable bonds is 7. The highest BCUT2D eigenvalue weighted by atomic mass is 16.5. The van der Waals surface area contributed by atoms with E-state index in [0.29, 0.717) is 23.8 Å². The van der Waals surface area contributed by atoms with Gasteiger partial charge in [-0.1, -0.05) is 0 Å². The molecule has 8 nitrogen and oxygen atoms in total. The van der Waals surface area contributed by atoms with Crippen molar-refractivity contribution in [3.05, 3.63) is 36.5 Å². The van der Waals surface area contributed by atoms with Crippen molar-refractivity contribution in [1.29, 1.82) is 0 Å². The third kappa shape index (κ3) is 4.10. The lowest BCUT2D eigenvalue weighted by Gasteiger charge is -2.34. The Balaban J connectivity index is 1.64. The molecule has 0 spiro atoms. The Morgan fingerprint density at radius 3 is 2.29 bits per heavy atom. The number of anilines is 1. The Bertz CT molecular complexity index is 1040. The summed E-state index contributed by atoms with van der Waals surface area (Å²) in [4.78, 5) is 2.21. The molecule has 3 aromatic rings. The van der Waals surface area contributed by atoms with Gasteiger partial charge in [0.2, 0.25) is 5.75 Å². The lowest BCUT2D eigenvalue weighted by atomic mass is 10.1. The van der Waals surface area contributed by atoms with Crippen molar-refractivity contribution in [3.8, 4) is 28.7 Å². The molecule has 1 unspecified atom stereocenters. The van der Waals surface area contributed by atoms with Crippen molar-refractivity contribution in [2.75, 3.05) is 46.4 Å². The third-order valence-corrected chi connectivity index (χ3v) is 5.49. The summed E-state index contributed by atoms with van der Waals surface area (Å²) in [6.07, 6.45) is 3.70. The molecular formula is C23H27N3O5. The predicted octanol–water partition coefficient (Wildman–Crippen LogP) is 3.71. The second-order valence-corrected chi connectivity index (χ2v) is 7.28. The van der Waals surface area contributed by atoms with E-state index in [2.05, 4.69) is 15.1 Å². The van der Waals surface area contributed by atoms with Crippen LogP contribution in [0.4, 0.5) is 5.82 Å². The fraction of sp³-hybridized carbons (Fsp3) is 0.391. The van der Waals surface area contributed by atoms with Crippen LogP contribution in [0.15, 0.2) is 36.5 Å². The first-order chi connectivity index (χ1) is 15.2. The SMILES string of the molecule is COc1ccc(OC2CCCN(c3nncc4c(OC)c(OC)c(OC)cc34)C2)cc1. The van der Waals surface area contributed by atoms with Gasteiger partial charge in [-0.05, 0) is 43.2 Å². The summed E-state index contributed by atoms with van der Waals surface area (Å²) in [6, 6.07) is 9.58. The maximum absolute atomic E-state index is 6.23. The lowest BCUT2D eigenvalue weighted by molar-refractivity contribution is 0.179. The van der Waals surface area contributed by atoms with E-state index < -0.39 is 0 Å². The molecular weight excluding hydrogens is 398 g/mol. The van der Waals surface area contributed by atoms with Gasteiger partial charge in [-0.15, -0.1) is 5.10 Å². The first kappa shape index (κ1) is 20.8. The van der Waals surface area contributed by atoms with E-state index in [1.54, 1.807) is 34.6 Å². The van der Waals surface area contributed by atoms with Crippen molar-refractivity contribution >= 4 is 16.6 Å². The van der Waals surface area contributed by atoms with Crippen LogP contribution < -0.4 is 28.6 Å². The molecule has 1 aliphatic heterocycles. The maximum Gasteiger partial charge on any atom is 0.204 e. The zero-order valence-electron chi connectivity index (χ0n) is 18.3. The molecule has 0 N–H and O–H groups in total. The van der Waals surface area contributed by atoms with E-state index in [0.717, 1.165) is 47.5 Å². The summed E-state index contributed by atoms with van der Waals surface area (Å²) in [5.74, 6) is 4.11. The van der Waals surface area contributed by atoms with Crippen molar-refractivity contribution in [2.45, 2.75) is 18.9 Å². The number of methoxy groups -OCH3 is 4. The van der Waals surface area contributed by atoms with Gasteiger partial charge in [0, 0.05) is 11.9 Å². The van der Waals surface area contributed by atoms with E-state index in [4.69, 9.17) is 23.7 Å². The van der Waals surface area contributed by atoms with Crippen molar-refractivity contribution in [1.82, 2.24) is 10.2 Å². The molecule has 0 aliphatic carbocycles. The van der Waals surface area contributed by atoms with Crippen LogP contribution in [0.25, 0.3) is 10.8 Å². The van der Waals surface area contributed by atoms with Gasteiger partial charge in [0.15, 0.2) is 17.3 Å². The number of benzene rings is 2. The minimum atomic E-state index is 0.0428. The number of aromatic nitrogens is 2. The van der Waals surface area contributed by atoms with Crippen LogP contribution in [-0.2, 0) is 0 Å². The largest absolute Gasteiger partial charge is 0.497 e. The molecule has 1 saturated heterocycles. The highest BCUT2D eigenvalue weighted by molar-refractivity contribution is 5.99. The molecule has 31 heavy (non-hydrogen) atoms. The number of hydrogen-bond acceptors (Lipinski definition) is 8. The van der Waals surface area contributed by atoms with E-state index in [1.165, 1.54) is 0 Å². The normalized spacial score (nSPS) is 16.1. The summed E-state index contributed by atoms with van der Waals surface area (Å²) in [5.41, 5.74) is 0. The quantitative estimate of drug-likeness (QED) is 0.567. The minimum absolute atomic E-state index is 0.0428. The smallest absolute Gasteiger partial charge is 0.204 e. The Morgan fingerprint density at radius 1 is 0.871 bits per heavy atom. The van der Waals surface area contributed by atoms with Gasteiger partial charge in [-0.2, -0.15) is 5.10 Å². The van der Waals surface area contributed by atoms with Crippen LogP contribution in [0, 0.1) is 0 Å². The van der Waals surface area contributed by atoms with Crippen LogP contribution >= 0.6 is 0 Å². The zero-order valence-corrected chi connectivity index (χ0v) is 18.3. The molecule has 0 radical (unpaired) electrons. The number of hydrogen-bond donors (Lipinski definition) is 0. The zero-order chi connectivity index (χ0) is 21.8. The first-order valence-electron chi connectivity index (χ1n) is 10.2. The second kappa shape index (κ2) is 9.16. The molecule has 0 saturated carbocycles. The molecule has 1 aromatic heterocycles. The minimum Gasteiger partial charge on any atom is -0.497 e. The van der Waals surface area contributed by atoms with Crippen molar-refractivity contribution in [3.63, 3.8) is 0 Å². The summed E-state index contributed by atoms with van der Waals surface area (Å²) in [6.45, 7) is 1.57. The lowest BCUT2D eigenvalue weighted by Crippen LogP contribution is -2.41. The summed E-state index contributed by atoms with van der Waals surface area (Å²) in [5, 5.41) is 10.4. The molecule has 1 aliphatic rings. The number of fused-ring (bicyclic) bond motifs is 1. The fourth-order valence-electron chi connectivity index (χ4n) is 3.99. The average Bonchev–Trinajstić information content (AvgIpc) is 2.82. The van der Waals surface area contributed by atoms with E-state index >= 15 is 0 Å². The van der Waals surface area contributed by atoms with Gasteiger partial charge in [-0.3, -0.25) is 0 Å². The molecule has 1 atom stereocenters. The standard InChI is InChI=1S/C23H27N3O5/c1-27-15-7-9-16(10-8-15)31-17-6-5-11-26(14-17)23-18-12-20(28-2)22(30-4)21(29-3)19(18)13-24-25-23/h7-10,12-13,17H,5-6,11,14H2,1-4H3. The number of ether oxygens (including phenoxy) is 5. The highest BCUT2D eigenvalue weighted by Crippen LogP contribution is 2.45. The van der Waals surface area contributed by atoms with E-state index in [9.17, 15) is 0 Å². The Kier molecular flexibility index (Phi) is 6.16. The fourth-order valence-corrected chi connectivity index (χ4v) is 3.99. The Hall–Kier alpha value is -3.42. The molecule has 1 fully saturated rings. The van der Waals surface area contributed by atoms with Crippen LogP contribution in [0.2, 0.25) is 0 Å². The van der Waals surface area contributed by atoms with Crippen LogP contribution in [0.1, 0.15) is 12.8 Å². The Labute approximate surface area is 181 Å². The third-order valence-electron chi connectivity index (χ3n) is 5.49. The van der Waals surface area contributed by atoms with Gasteiger partial charge < -0.3 is 28.6 Å². The van der Waals surface area contributed by atoms with E-state index in [1.807, 2.05) is 30.3 Å². The molecule has 0 amide bonds. The van der Waals surface area contributed by atoms with Gasteiger partial charge in [-0.25, -0.2) is 0 Å². The van der Waals surface area contributed by atoms with Gasteiger partial charge in [0.25, 0.3) is 0 Å². The highest BCUT2D eigenvalue weighted by Gasteiger charge is 2.26. The summed E-state index contributed by atoms with van der Waals surface area (Å²) < 4.78 is 28.1. The molecule has 0 bridgehead atoms. The van der Waals surface area contributed by atoms with Crippen LogP contribution in [-0.4, -0.2) is 57.8 Å². The van der Waals surface area contributed by atoms with Crippen molar-refractivity contribution < 1.29 is 23.7 Å². The molecule has 2 heterocycles. The molecule has 2 aromatic carbocycles. The summed E-state index contributed by atoms with van der Waals surface area (Å²) in [7, 11) is 6.46. The summed E-state index contributed by atoms with van der Waals surface area (Å²) >= 11 is 0. The van der Waals surface area contributed by atoms with E-state index in [-0.39, 0.29) is 6.10 Å². The van der Waals surface area contributed by atoms with Gasteiger partial charge in [0.1, 0.15) is 17.6 Å². The van der Waals surface area contributed by atoms with Gasteiger partial charge >= 0.3 is 0 Å². The average molecular weight is 425 g/mol. The number of nitrogens with zero attached hydrogens (tertiary/aromatic N) is 3.